The van der Waals surface area contributed by atoms with E-state index in [1.807, 2.05) is 42.5 Å². The first kappa shape index (κ1) is 15.6. The molecule has 1 aromatic heterocycles. The van der Waals surface area contributed by atoms with Crippen LogP contribution in [0.4, 0.5) is 5.69 Å². The second-order valence-electron chi connectivity index (χ2n) is 5.56. The minimum Gasteiger partial charge on any atom is -0.431 e. The molecule has 0 spiro atoms. The molecule has 0 bridgehead atoms. The second kappa shape index (κ2) is 6.87. The lowest BCUT2D eigenvalue weighted by molar-refractivity contribution is -0.113. The van der Waals surface area contributed by atoms with E-state index in [2.05, 4.69) is 30.2 Å². The number of hydrogen-bond donors (Lipinski definition) is 1. The molecule has 0 aliphatic carbocycles. The average Bonchev–Trinajstić information content (AvgIpc) is 2.96. The molecule has 3 rings (SSSR count). The number of nitrogens with one attached hydrogen (secondary N) is 1. The Morgan fingerprint density at radius 1 is 1.22 bits per heavy atom. The van der Waals surface area contributed by atoms with Crippen molar-refractivity contribution in [2.75, 3.05) is 11.1 Å². The Morgan fingerprint density at radius 3 is 2.83 bits per heavy atom. The van der Waals surface area contributed by atoms with Gasteiger partial charge in [-0.3, -0.25) is 4.79 Å². The third-order valence-corrected chi connectivity index (χ3v) is 4.27. The summed E-state index contributed by atoms with van der Waals surface area (Å²) >= 11 is 1.29. The quantitative estimate of drug-likeness (QED) is 0.692. The second-order valence-corrected chi connectivity index (χ2v) is 6.49. The third kappa shape index (κ3) is 3.93. The Balaban J connectivity index is 1.60. The van der Waals surface area contributed by atoms with Gasteiger partial charge in [0.1, 0.15) is 5.52 Å². The van der Waals surface area contributed by atoms with Gasteiger partial charge in [0.15, 0.2) is 5.58 Å². The smallest absolute Gasteiger partial charge is 0.257 e. The maximum atomic E-state index is 12.1. The van der Waals surface area contributed by atoms with Crippen LogP contribution in [0.5, 0.6) is 0 Å². The van der Waals surface area contributed by atoms with Crippen LogP contribution in [0.15, 0.2) is 58.2 Å². The summed E-state index contributed by atoms with van der Waals surface area (Å²) in [7, 11) is 0. The van der Waals surface area contributed by atoms with Crippen molar-refractivity contribution in [3.8, 4) is 0 Å². The van der Waals surface area contributed by atoms with Gasteiger partial charge in [-0.25, -0.2) is 4.98 Å². The largest absolute Gasteiger partial charge is 0.431 e. The molecule has 3 aromatic rings. The molecule has 5 heteroatoms. The van der Waals surface area contributed by atoms with Gasteiger partial charge in [-0.1, -0.05) is 49.9 Å². The molecule has 1 N–H and O–H groups in total. The van der Waals surface area contributed by atoms with E-state index in [1.165, 1.54) is 17.3 Å². The molecule has 0 radical (unpaired) electrons. The molecule has 1 amide bonds. The van der Waals surface area contributed by atoms with Crippen molar-refractivity contribution in [3.05, 3.63) is 54.1 Å². The van der Waals surface area contributed by atoms with Crippen LogP contribution in [0.1, 0.15) is 25.3 Å². The topological polar surface area (TPSA) is 55.1 Å². The Bertz CT molecular complexity index is 794. The zero-order valence-corrected chi connectivity index (χ0v) is 13.9. The maximum absolute atomic E-state index is 12.1. The van der Waals surface area contributed by atoms with Gasteiger partial charge < -0.3 is 9.73 Å². The molecule has 0 aliphatic heterocycles. The fourth-order valence-corrected chi connectivity index (χ4v) is 2.85. The Hall–Kier alpha value is -2.27. The van der Waals surface area contributed by atoms with Crippen LogP contribution in [-0.2, 0) is 4.79 Å². The van der Waals surface area contributed by atoms with E-state index in [9.17, 15) is 4.79 Å². The van der Waals surface area contributed by atoms with E-state index < -0.39 is 0 Å². The first-order chi connectivity index (χ1) is 11.1. The summed E-state index contributed by atoms with van der Waals surface area (Å²) in [4.78, 5) is 16.4. The number of carbonyl (C=O) groups is 1. The number of thioether (sulfide) groups is 1. The minimum atomic E-state index is -0.0711. The molecule has 2 aromatic carbocycles. The number of aromatic nitrogens is 1. The first-order valence-electron chi connectivity index (χ1n) is 7.50. The van der Waals surface area contributed by atoms with Gasteiger partial charge in [0.05, 0.1) is 5.75 Å². The van der Waals surface area contributed by atoms with Crippen LogP contribution in [0, 0.1) is 0 Å². The molecule has 118 valence electrons. The van der Waals surface area contributed by atoms with Crippen LogP contribution in [0.3, 0.4) is 0 Å². The molecule has 0 atom stereocenters. The zero-order valence-electron chi connectivity index (χ0n) is 13.1. The van der Waals surface area contributed by atoms with Crippen LogP contribution >= 0.6 is 11.8 Å². The Labute approximate surface area is 139 Å². The van der Waals surface area contributed by atoms with E-state index >= 15 is 0 Å². The van der Waals surface area contributed by atoms with Gasteiger partial charge in [0.25, 0.3) is 5.22 Å². The van der Waals surface area contributed by atoms with Crippen molar-refractivity contribution in [3.63, 3.8) is 0 Å². The van der Waals surface area contributed by atoms with Crippen molar-refractivity contribution in [2.24, 2.45) is 0 Å². The number of hydrogen-bond acceptors (Lipinski definition) is 4. The number of fused-ring (bicyclic) bond motifs is 1. The number of nitrogens with zero attached hydrogens (tertiary/aromatic N) is 1. The van der Waals surface area contributed by atoms with E-state index in [1.54, 1.807) is 0 Å². The molecule has 0 saturated heterocycles. The number of benzene rings is 2. The van der Waals surface area contributed by atoms with E-state index in [4.69, 9.17) is 4.42 Å². The Morgan fingerprint density at radius 2 is 2.04 bits per heavy atom. The number of anilines is 1. The predicted molar refractivity (Wildman–Crippen MR) is 93.9 cm³/mol. The lowest BCUT2D eigenvalue weighted by Gasteiger charge is -2.09. The minimum absolute atomic E-state index is 0.0711. The number of amides is 1. The molecule has 0 aliphatic rings. The van der Waals surface area contributed by atoms with Gasteiger partial charge in [-0.15, -0.1) is 0 Å². The van der Waals surface area contributed by atoms with E-state index in [0.29, 0.717) is 11.1 Å². The van der Waals surface area contributed by atoms with Crippen LogP contribution < -0.4 is 5.32 Å². The molecule has 4 nitrogen and oxygen atoms in total. The summed E-state index contributed by atoms with van der Waals surface area (Å²) in [5.41, 5.74) is 3.56. The highest BCUT2D eigenvalue weighted by Gasteiger charge is 2.10. The predicted octanol–water partition coefficient (Wildman–Crippen LogP) is 4.68. The highest BCUT2D eigenvalue weighted by atomic mass is 32.2. The molecule has 0 saturated carbocycles. The highest BCUT2D eigenvalue weighted by molar-refractivity contribution is 7.99. The fourth-order valence-electron chi connectivity index (χ4n) is 2.21. The molecule has 0 unspecified atom stereocenters. The van der Waals surface area contributed by atoms with E-state index in [-0.39, 0.29) is 11.7 Å². The van der Waals surface area contributed by atoms with Crippen LogP contribution in [0.2, 0.25) is 0 Å². The summed E-state index contributed by atoms with van der Waals surface area (Å²) in [6, 6.07) is 15.5. The maximum Gasteiger partial charge on any atom is 0.257 e. The van der Waals surface area contributed by atoms with Gasteiger partial charge >= 0.3 is 0 Å². The standard InChI is InChI=1S/C18H18N2O2S/c1-12(2)13-6-5-7-14(10-13)19-17(21)11-23-18-20-15-8-3-4-9-16(15)22-18/h3-10,12H,11H2,1-2H3,(H,19,21). The molecular weight excluding hydrogens is 308 g/mol. The van der Waals surface area contributed by atoms with Crippen molar-refractivity contribution in [1.82, 2.24) is 4.98 Å². The summed E-state index contributed by atoms with van der Waals surface area (Å²) in [5, 5.41) is 3.42. The van der Waals surface area contributed by atoms with Gasteiger partial charge in [-0.05, 0) is 35.7 Å². The lowest BCUT2D eigenvalue weighted by atomic mass is 10.0. The molecule has 1 heterocycles. The molecule has 0 fully saturated rings. The van der Waals surface area contributed by atoms with Crippen molar-refractivity contribution in [2.45, 2.75) is 25.0 Å². The van der Waals surface area contributed by atoms with Gasteiger partial charge in [0.2, 0.25) is 5.91 Å². The first-order valence-corrected chi connectivity index (χ1v) is 8.48. The summed E-state index contributed by atoms with van der Waals surface area (Å²) in [5.74, 6) is 0.623. The average molecular weight is 326 g/mol. The summed E-state index contributed by atoms with van der Waals surface area (Å²) in [6.07, 6.45) is 0. The number of para-hydroxylation sites is 2. The van der Waals surface area contributed by atoms with E-state index in [0.717, 1.165) is 16.8 Å². The van der Waals surface area contributed by atoms with Crippen molar-refractivity contribution < 1.29 is 9.21 Å². The third-order valence-electron chi connectivity index (χ3n) is 3.44. The van der Waals surface area contributed by atoms with Crippen molar-refractivity contribution >= 4 is 34.5 Å². The zero-order chi connectivity index (χ0) is 16.2. The van der Waals surface area contributed by atoms with Crippen LogP contribution in [0.25, 0.3) is 11.1 Å². The Kier molecular flexibility index (Phi) is 4.67. The molecule has 23 heavy (non-hydrogen) atoms. The fraction of sp³-hybridized carbons (Fsp3) is 0.222. The lowest BCUT2D eigenvalue weighted by Crippen LogP contribution is -2.14. The summed E-state index contributed by atoms with van der Waals surface area (Å²) < 4.78 is 5.59. The monoisotopic (exact) mass is 326 g/mol. The van der Waals surface area contributed by atoms with Crippen LogP contribution in [-0.4, -0.2) is 16.6 Å². The number of rotatable bonds is 5. The highest BCUT2D eigenvalue weighted by Crippen LogP contribution is 2.23. The number of oxazole rings is 1. The van der Waals surface area contributed by atoms with Gasteiger partial charge in [-0.2, -0.15) is 0 Å². The molecular formula is C18H18N2O2S. The summed E-state index contributed by atoms with van der Waals surface area (Å²) in [6.45, 7) is 4.26. The normalized spacial score (nSPS) is 11.1. The van der Waals surface area contributed by atoms with Gasteiger partial charge in [0, 0.05) is 5.69 Å². The van der Waals surface area contributed by atoms with Crippen molar-refractivity contribution in [1.29, 1.82) is 0 Å². The number of carbonyl (C=O) groups excluding carboxylic acids is 1. The SMILES string of the molecule is CC(C)c1cccc(NC(=O)CSc2nc3ccccc3o2)c1.